The Morgan fingerprint density at radius 1 is 1.29 bits per heavy atom. The van der Waals surface area contributed by atoms with Crippen molar-refractivity contribution >= 4 is 0 Å². The van der Waals surface area contributed by atoms with Gasteiger partial charge >= 0.3 is 0 Å². The van der Waals surface area contributed by atoms with Crippen LogP contribution >= 0.6 is 0 Å². The van der Waals surface area contributed by atoms with E-state index in [1.807, 2.05) is 31.3 Å². The average Bonchev–Trinajstić information content (AvgIpc) is 3.41. The third-order valence-electron chi connectivity index (χ3n) is 5.70. The van der Waals surface area contributed by atoms with Crippen molar-refractivity contribution in [1.29, 1.82) is 0 Å². The van der Waals surface area contributed by atoms with Crippen LogP contribution in [0.3, 0.4) is 0 Å². The van der Waals surface area contributed by atoms with Crippen molar-refractivity contribution in [1.82, 2.24) is 25.5 Å². The minimum Gasteiger partial charge on any atom is -0.460 e. The Kier molecular flexibility index (Phi) is 4.50. The smallest absolute Gasteiger partial charge is 0.154 e. The first-order chi connectivity index (χ1) is 13.7. The van der Waals surface area contributed by atoms with Crippen LogP contribution < -0.4 is 10.9 Å². The molecule has 6 nitrogen and oxygen atoms in total. The van der Waals surface area contributed by atoms with Gasteiger partial charge in [-0.05, 0) is 43.7 Å². The van der Waals surface area contributed by atoms with E-state index in [0.717, 1.165) is 55.4 Å². The number of hydrazine groups is 1. The van der Waals surface area contributed by atoms with E-state index in [0.29, 0.717) is 17.6 Å². The molecule has 7 heteroatoms. The summed E-state index contributed by atoms with van der Waals surface area (Å²) < 4.78 is 21.3. The summed E-state index contributed by atoms with van der Waals surface area (Å²) in [5.74, 6) is 1.96. The second kappa shape index (κ2) is 7.16. The van der Waals surface area contributed by atoms with E-state index in [1.54, 1.807) is 10.7 Å². The van der Waals surface area contributed by atoms with Crippen LogP contribution in [-0.4, -0.2) is 40.4 Å². The van der Waals surface area contributed by atoms with E-state index in [1.165, 1.54) is 12.1 Å². The third-order valence-corrected chi connectivity index (χ3v) is 5.70. The molecule has 1 aromatic carbocycles. The van der Waals surface area contributed by atoms with Crippen molar-refractivity contribution in [2.24, 2.45) is 5.92 Å². The first-order valence-electron chi connectivity index (χ1n) is 9.78. The number of nitrogens with one attached hydrogen (secondary N) is 2. The van der Waals surface area contributed by atoms with Gasteiger partial charge in [0.15, 0.2) is 5.76 Å². The maximum atomic E-state index is 13.7. The van der Waals surface area contributed by atoms with Gasteiger partial charge in [0.1, 0.15) is 17.3 Å². The lowest BCUT2D eigenvalue weighted by atomic mass is 9.94. The zero-order valence-corrected chi connectivity index (χ0v) is 15.9. The molecule has 2 unspecified atom stereocenters. The maximum Gasteiger partial charge on any atom is 0.154 e. The van der Waals surface area contributed by atoms with Gasteiger partial charge < -0.3 is 4.42 Å². The molecule has 2 N–H and O–H groups in total. The number of rotatable bonds is 4. The Morgan fingerprint density at radius 2 is 2.21 bits per heavy atom. The number of aryl methyl sites for hydroxylation is 1. The number of benzene rings is 1. The van der Waals surface area contributed by atoms with Crippen LogP contribution in [0.25, 0.3) is 17.1 Å². The number of nitrogens with zero attached hydrogens (tertiary/aromatic N) is 3. The molecule has 2 saturated heterocycles. The number of piperidine rings is 1. The predicted molar refractivity (Wildman–Crippen MR) is 104 cm³/mol. The van der Waals surface area contributed by atoms with Crippen LogP contribution in [0.4, 0.5) is 4.39 Å². The molecule has 146 valence electrons. The largest absolute Gasteiger partial charge is 0.460 e. The van der Waals surface area contributed by atoms with Gasteiger partial charge in [-0.1, -0.05) is 6.07 Å². The van der Waals surface area contributed by atoms with Crippen molar-refractivity contribution in [3.8, 4) is 17.1 Å². The second-order valence-electron chi connectivity index (χ2n) is 7.75. The summed E-state index contributed by atoms with van der Waals surface area (Å²) in [5.41, 5.74) is 9.27. The molecular weight excluding hydrogens is 357 g/mol. The number of hydrogen-bond donors (Lipinski definition) is 2. The second-order valence-corrected chi connectivity index (χ2v) is 7.75. The van der Waals surface area contributed by atoms with Gasteiger partial charge in [-0.25, -0.2) is 9.07 Å². The number of aromatic nitrogens is 2. The molecule has 28 heavy (non-hydrogen) atoms. The zero-order chi connectivity index (χ0) is 19.1. The fraction of sp³-hybridized carbons (Fsp3) is 0.381. The molecule has 0 aliphatic carbocycles. The van der Waals surface area contributed by atoms with Gasteiger partial charge in [0.25, 0.3) is 0 Å². The Hall–Kier alpha value is -2.48. The molecule has 2 aliphatic heterocycles. The van der Waals surface area contributed by atoms with E-state index in [2.05, 4.69) is 15.8 Å². The van der Waals surface area contributed by atoms with Crippen LogP contribution in [-0.2, 0) is 6.54 Å². The van der Waals surface area contributed by atoms with E-state index >= 15 is 0 Å². The van der Waals surface area contributed by atoms with E-state index < -0.39 is 0 Å². The highest BCUT2D eigenvalue weighted by Gasteiger charge is 2.33. The number of likely N-dealkylation sites (tertiary alicyclic amines) is 1. The standard InChI is InChI=1S/C21H24FN5O/c1-14-5-6-20(28-14)21-16(12-26-8-7-19-15(11-26)10-23-24-19)13-27(25-21)18-4-2-3-17(22)9-18/h2-6,9,13,15,19,23-24H,7-8,10-12H2,1H3. The molecule has 0 spiro atoms. The highest BCUT2D eigenvalue weighted by molar-refractivity contribution is 5.58. The maximum absolute atomic E-state index is 13.7. The lowest BCUT2D eigenvalue weighted by Crippen LogP contribution is -2.44. The fourth-order valence-electron chi connectivity index (χ4n) is 4.26. The Balaban J connectivity index is 1.47. The Morgan fingerprint density at radius 3 is 3.04 bits per heavy atom. The molecule has 0 radical (unpaired) electrons. The van der Waals surface area contributed by atoms with E-state index in [4.69, 9.17) is 9.52 Å². The van der Waals surface area contributed by atoms with Gasteiger partial charge in [0.05, 0.1) is 5.69 Å². The first-order valence-corrected chi connectivity index (χ1v) is 9.78. The summed E-state index contributed by atoms with van der Waals surface area (Å²) in [5, 5.41) is 4.74. The lowest BCUT2D eigenvalue weighted by molar-refractivity contribution is 0.161. The monoisotopic (exact) mass is 381 g/mol. The summed E-state index contributed by atoms with van der Waals surface area (Å²) in [6, 6.07) is 11.0. The minimum atomic E-state index is -0.270. The molecule has 0 bridgehead atoms. The number of fused-ring (bicyclic) bond motifs is 1. The van der Waals surface area contributed by atoms with Gasteiger partial charge in [-0.15, -0.1) is 0 Å². The molecule has 3 aromatic rings. The van der Waals surface area contributed by atoms with Crippen LogP contribution in [0, 0.1) is 18.7 Å². The van der Waals surface area contributed by atoms with Crippen LogP contribution in [0.1, 0.15) is 17.7 Å². The van der Waals surface area contributed by atoms with Crippen molar-refractivity contribution in [3.63, 3.8) is 0 Å². The summed E-state index contributed by atoms with van der Waals surface area (Å²) in [7, 11) is 0. The van der Waals surface area contributed by atoms with Gasteiger partial charge in [0, 0.05) is 49.9 Å². The number of furan rings is 1. The minimum absolute atomic E-state index is 0.270. The van der Waals surface area contributed by atoms with Gasteiger partial charge in [-0.3, -0.25) is 15.8 Å². The summed E-state index contributed by atoms with van der Waals surface area (Å²) in [4.78, 5) is 2.47. The number of hydrogen-bond acceptors (Lipinski definition) is 5. The quantitative estimate of drug-likeness (QED) is 0.728. The molecule has 4 heterocycles. The molecule has 2 aromatic heterocycles. The first kappa shape index (κ1) is 17.6. The molecule has 0 saturated carbocycles. The summed E-state index contributed by atoms with van der Waals surface area (Å²) >= 11 is 0. The molecule has 0 amide bonds. The Bertz CT molecular complexity index is 981. The average molecular weight is 381 g/mol. The van der Waals surface area contributed by atoms with Crippen LogP contribution in [0.15, 0.2) is 47.0 Å². The third kappa shape index (κ3) is 3.37. The summed E-state index contributed by atoms with van der Waals surface area (Å²) in [6.07, 6.45) is 3.13. The SMILES string of the molecule is Cc1ccc(-c2nn(-c3cccc(F)c3)cc2CN2CCC3NNCC3C2)o1. The van der Waals surface area contributed by atoms with Crippen molar-refractivity contribution in [3.05, 3.63) is 59.7 Å². The van der Waals surface area contributed by atoms with Crippen molar-refractivity contribution in [2.75, 3.05) is 19.6 Å². The van der Waals surface area contributed by atoms with Gasteiger partial charge in [0.2, 0.25) is 0 Å². The van der Waals surface area contributed by atoms with Gasteiger partial charge in [-0.2, -0.15) is 5.10 Å². The topological polar surface area (TPSA) is 58.3 Å². The van der Waals surface area contributed by atoms with Crippen LogP contribution in [0.5, 0.6) is 0 Å². The molecular formula is C21H24FN5O. The zero-order valence-electron chi connectivity index (χ0n) is 15.9. The molecule has 5 rings (SSSR count). The van der Waals surface area contributed by atoms with E-state index in [9.17, 15) is 4.39 Å². The van der Waals surface area contributed by atoms with E-state index in [-0.39, 0.29) is 5.82 Å². The highest BCUT2D eigenvalue weighted by Crippen LogP contribution is 2.28. The normalized spacial score (nSPS) is 22.5. The lowest BCUT2D eigenvalue weighted by Gasteiger charge is -2.33. The van der Waals surface area contributed by atoms with Crippen molar-refractivity contribution in [2.45, 2.75) is 25.9 Å². The van der Waals surface area contributed by atoms with Crippen molar-refractivity contribution < 1.29 is 8.81 Å². The molecule has 2 aliphatic rings. The fourth-order valence-corrected chi connectivity index (χ4v) is 4.26. The summed E-state index contributed by atoms with van der Waals surface area (Å²) in [6.45, 7) is 5.82. The Labute approximate surface area is 163 Å². The van der Waals surface area contributed by atoms with Crippen LogP contribution in [0.2, 0.25) is 0 Å². The predicted octanol–water partition coefficient (Wildman–Crippen LogP) is 2.88. The highest BCUT2D eigenvalue weighted by atomic mass is 19.1. The molecule has 2 atom stereocenters. The molecule has 2 fully saturated rings. The number of halogens is 1.